The molecule has 2 aliphatic carbocycles. The van der Waals surface area contributed by atoms with E-state index in [1.807, 2.05) is 0 Å². The Hall–Kier alpha value is -2.02. The molecule has 0 saturated carbocycles. The highest BCUT2D eigenvalue weighted by Crippen LogP contribution is 2.56. The maximum Gasteiger partial charge on any atom is 0.0480 e. The Kier molecular flexibility index (Phi) is 2.76. The Labute approximate surface area is 138 Å². The van der Waals surface area contributed by atoms with Gasteiger partial charge in [-0.25, -0.2) is 0 Å². The van der Waals surface area contributed by atoms with E-state index >= 15 is 0 Å². The Balaban J connectivity index is 1.66. The summed E-state index contributed by atoms with van der Waals surface area (Å²) in [5.74, 6) is 1.77. The molecule has 1 aromatic carbocycles. The molecule has 0 radical (unpaired) electrons. The number of allylic oxidation sites excluding steroid dienone is 4. The van der Waals surface area contributed by atoms with Crippen LogP contribution in [-0.4, -0.2) is 11.6 Å². The van der Waals surface area contributed by atoms with E-state index in [0.29, 0.717) is 23.8 Å². The first-order chi connectivity index (χ1) is 11.3. The highest BCUT2D eigenvalue weighted by molar-refractivity contribution is 5.64. The molecule has 1 heteroatoms. The standard InChI is InChI=1S/C22H23N/c1-22(18-10-4-5-11-18)15-17-14-21(16-8-2-3-9-16)23(22)20-13-7-6-12-19(17)20/h2-13,16-18,21H,14-15H2,1H3. The van der Waals surface area contributed by atoms with E-state index in [9.17, 15) is 0 Å². The van der Waals surface area contributed by atoms with Crippen LogP contribution in [0.25, 0.3) is 0 Å². The van der Waals surface area contributed by atoms with E-state index in [4.69, 9.17) is 0 Å². The first kappa shape index (κ1) is 13.4. The Morgan fingerprint density at radius 1 is 0.957 bits per heavy atom. The average Bonchev–Trinajstić information content (AvgIpc) is 3.29. The van der Waals surface area contributed by atoms with Gasteiger partial charge < -0.3 is 4.90 Å². The van der Waals surface area contributed by atoms with Crippen molar-refractivity contribution in [2.75, 3.05) is 4.90 Å². The minimum atomic E-state index is 0.190. The van der Waals surface area contributed by atoms with Crippen LogP contribution >= 0.6 is 0 Å². The van der Waals surface area contributed by atoms with Gasteiger partial charge in [-0.1, -0.05) is 66.8 Å². The maximum absolute atomic E-state index is 2.78. The van der Waals surface area contributed by atoms with Crippen LogP contribution in [0.3, 0.4) is 0 Å². The molecule has 6 rings (SSSR count). The van der Waals surface area contributed by atoms with Crippen LogP contribution in [0.2, 0.25) is 0 Å². The summed E-state index contributed by atoms with van der Waals surface area (Å²) in [5.41, 5.74) is 3.23. The number of nitrogens with zero attached hydrogens (tertiary/aromatic N) is 1. The van der Waals surface area contributed by atoms with Gasteiger partial charge in [-0.2, -0.15) is 0 Å². The topological polar surface area (TPSA) is 3.24 Å². The number of piperidine rings is 1. The molecule has 3 heterocycles. The fourth-order valence-corrected chi connectivity index (χ4v) is 5.38. The van der Waals surface area contributed by atoms with Crippen LogP contribution in [0.5, 0.6) is 0 Å². The van der Waals surface area contributed by atoms with E-state index in [1.54, 1.807) is 5.56 Å². The smallest absolute Gasteiger partial charge is 0.0480 e. The second kappa shape index (κ2) is 4.74. The zero-order chi connectivity index (χ0) is 15.4. The first-order valence-corrected chi connectivity index (χ1v) is 8.86. The van der Waals surface area contributed by atoms with Crippen LogP contribution in [-0.2, 0) is 0 Å². The number of fused-ring (bicyclic) bond motifs is 2. The molecule has 0 N–H and O–H groups in total. The summed E-state index contributed by atoms with van der Waals surface area (Å²) in [6.45, 7) is 2.48. The fourth-order valence-electron chi connectivity index (χ4n) is 5.38. The molecule has 3 aliphatic heterocycles. The quantitative estimate of drug-likeness (QED) is 0.743. The molecule has 1 nitrogen and oxygen atoms in total. The number of anilines is 1. The number of rotatable bonds is 2. The van der Waals surface area contributed by atoms with Crippen LogP contribution in [0.1, 0.15) is 31.2 Å². The van der Waals surface area contributed by atoms with Crippen LogP contribution in [0.15, 0.2) is 72.9 Å². The SMILES string of the molecule is CC1(C2C=CC=C2)CC2CC(C3C=CC=C3)N1c1ccccc12. The molecule has 0 spiro atoms. The van der Waals surface area contributed by atoms with Crippen molar-refractivity contribution in [3.05, 3.63) is 78.4 Å². The molecule has 3 atom stereocenters. The molecular formula is C22H23N. The predicted octanol–water partition coefficient (Wildman–Crippen LogP) is 5.00. The van der Waals surface area contributed by atoms with Gasteiger partial charge in [0.25, 0.3) is 0 Å². The number of hydrogen-bond donors (Lipinski definition) is 0. The Bertz CT molecular complexity index is 729. The Morgan fingerprint density at radius 3 is 2.43 bits per heavy atom. The molecule has 116 valence electrons. The molecule has 1 fully saturated rings. The van der Waals surface area contributed by atoms with Gasteiger partial charge in [0.05, 0.1) is 0 Å². The summed E-state index contributed by atoms with van der Waals surface area (Å²) in [5, 5.41) is 0. The van der Waals surface area contributed by atoms with Gasteiger partial charge in [0.2, 0.25) is 0 Å². The van der Waals surface area contributed by atoms with Crippen molar-refractivity contribution >= 4 is 5.69 Å². The van der Waals surface area contributed by atoms with E-state index in [0.717, 1.165) is 0 Å². The zero-order valence-electron chi connectivity index (χ0n) is 13.6. The normalized spacial score (nSPS) is 34.7. The molecule has 3 unspecified atom stereocenters. The van der Waals surface area contributed by atoms with Gasteiger partial charge in [0.15, 0.2) is 0 Å². The monoisotopic (exact) mass is 301 g/mol. The highest BCUT2D eigenvalue weighted by atomic mass is 15.3. The number of benzene rings is 1. The second-order valence-corrected chi connectivity index (χ2v) is 7.63. The van der Waals surface area contributed by atoms with Crippen LogP contribution < -0.4 is 4.90 Å². The van der Waals surface area contributed by atoms with Crippen molar-refractivity contribution in [3.8, 4) is 0 Å². The van der Waals surface area contributed by atoms with Gasteiger partial charge in [0.1, 0.15) is 0 Å². The third-order valence-electron chi connectivity index (χ3n) is 6.39. The fraction of sp³-hybridized carbons (Fsp3) is 0.364. The van der Waals surface area contributed by atoms with Crippen molar-refractivity contribution in [2.24, 2.45) is 11.8 Å². The van der Waals surface area contributed by atoms with Crippen LogP contribution in [0, 0.1) is 11.8 Å². The minimum absolute atomic E-state index is 0.190. The van der Waals surface area contributed by atoms with E-state index < -0.39 is 0 Å². The molecule has 23 heavy (non-hydrogen) atoms. The summed E-state index contributed by atoms with van der Waals surface area (Å²) in [4.78, 5) is 2.78. The summed E-state index contributed by atoms with van der Waals surface area (Å²) >= 11 is 0. The van der Waals surface area contributed by atoms with Gasteiger partial charge in [-0.3, -0.25) is 0 Å². The summed E-state index contributed by atoms with van der Waals surface area (Å²) in [6, 6.07) is 9.70. The van der Waals surface area contributed by atoms with Crippen molar-refractivity contribution < 1.29 is 0 Å². The minimum Gasteiger partial charge on any atom is -0.361 e. The predicted molar refractivity (Wildman–Crippen MR) is 96.6 cm³/mol. The summed E-state index contributed by atoms with van der Waals surface area (Å²) < 4.78 is 0. The van der Waals surface area contributed by atoms with E-state index in [-0.39, 0.29) is 5.54 Å². The molecule has 5 aliphatic rings. The zero-order valence-corrected chi connectivity index (χ0v) is 13.6. The van der Waals surface area contributed by atoms with Crippen molar-refractivity contribution in [3.63, 3.8) is 0 Å². The highest BCUT2D eigenvalue weighted by Gasteiger charge is 2.53. The maximum atomic E-state index is 2.78. The van der Waals surface area contributed by atoms with Gasteiger partial charge >= 0.3 is 0 Å². The summed E-state index contributed by atoms with van der Waals surface area (Å²) in [7, 11) is 0. The van der Waals surface area contributed by atoms with E-state index in [2.05, 4.69) is 84.7 Å². The average molecular weight is 301 g/mol. The van der Waals surface area contributed by atoms with Crippen molar-refractivity contribution in [2.45, 2.75) is 37.3 Å². The molecule has 1 saturated heterocycles. The lowest BCUT2D eigenvalue weighted by atomic mass is 9.64. The van der Waals surface area contributed by atoms with Gasteiger partial charge in [-0.05, 0) is 37.3 Å². The van der Waals surface area contributed by atoms with Gasteiger partial charge in [-0.15, -0.1) is 0 Å². The number of para-hydroxylation sites is 1. The lowest BCUT2D eigenvalue weighted by Gasteiger charge is -2.61. The number of hydrogen-bond acceptors (Lipinski definition) is 1. The third-order valence-corrected chi connectivity index (χ3v) is 6.39. The van der Waals surface area contributed by atoms with Crippen LogP contribution in [0.4, 0.5) is 5.69 Å². The lowest BCUT2D eigenvalue weighted by molar-refractivity contribution is 0.197. The molecule has 0 amide bonds. The summed E-state index contributed by atoms with van der Waals surface area (Å²) in [6.07, 6.45) is 21.0. The molecule has 1 aromatic rings. The molecule has 2 bridgehead atoms. The van der Waals surface area contributed by atoms with Crippen molar-refractivity contribution in [1.82, 2.24) is 0 Å². The second-order valence-electron chi connectivity index (χ2n) is 7.63. The van der Waals surface area contributed by atoms with Gasteiger partial charge in [0, 0.05) is 29.1 Å². The van der Waals surface area contributed by atoms with Crippen molar-refractivity contribution in [1.29, 1.82) is 0 Å². The third kappa shape index (κ3) is 1.80. The lowest BCUT2D eigenvalue weighted by Crippen LogP contribution is -2.64. The Morgan fingerprint density at radius 2 is 1.65 bits per heavy atom. The molecular weight excluding hydrogens is 278 g/mol. The van der Waals surface area contributed by atoms with E-state index in [1.165, 1.54) is 18.5 Å². The largest absolute Gasteiger partial charge is 0.361 e. The molecule has 0 aromatic heterocycles. The first-order valence-electron chi connectivity index (χ1n) is 8.86.